The number of fused-ring (bicyclic) bond motifs is 1. The maximum absolute atomic E-state index is 12.2. The molecule has 1 amide bonds. The number of amides is 1. The van der Waals surface area contributed by atoms with Crippen LogP contribution < -0.4 is 10.3 Å². The van der Waals surface area contributed by atoms with Crippen molar-refractivity contribution in [2.24, 2.45) is 0 Å². The highest BCUT2D eigenvalue weighted by Gasteiger charge is 2.28. The van der Waals surface area contributed by atoms with Crippen LogP contribution in [0.2, 0.25) is 0 Å². The molecule has 1 N–H and O–H groups in total. The predicted octanol–water partition coefficient (Wildman–Crippen LogP) is 1.35. The normalized spacial score (nSPS) is 14.6. The number of ether oxygens (including phenoxy) is 2. The van der Waals surface area contributed by atoms with Crippen LogP contribution in [-0.2, 0) is 17.7 Å². The Bertz CT molecular complexity index is 717. The number of methoxy groups -OCH3 is 1. The fourth-order valence-corrected chi connectivity index (χ4v) is 2.65. The van der Waals surface area contributed by atoms with Gasteiger partial charge in [0.15, 0.2) is 0 Å². The molecule has 132 valence electrons. The van der Waals surface area contributed by atoms with E-state index >= 15 is 0 Å². The molecule has 1 aromatic heterocycles. The Balaban J connectivity index is 2.35. The van der Waals surface area contributed by atoms with Crippen molar-refractivity contribution in [3.8, 4) is 5.75 Å². The Labute approximate surface area is 139 Å². The minimum absolute atomic E-state index is 0.0319. The van der Waals surface area contributed by atoms with Crippen molar-refractivity contribution >= 4 is 12.1 Å². The van der Waals surface area contributed by atoms with Crippen LogP contribution in [0.1, 0.15) is 36.8 Å². The number of hydrogen-bond donors (Lipinski definition) is 1. The fraction of sp³-hybridized carbons (Fsp3) is 0.562. The number of aromatic nitrogens is 1. The van der Waals surface area contributed by atoms with E-state index in [1.165, 1.54) is 16.6 Å². The molecule has 0 fully saturated rings. The van der Waals surface area contributed by atoms with Crippen molar-refractivity contribution in [2.45, 2.75) is 39.3 Å². The lowest BCUT2D eigenvalue weighted by Crippen LogP contribution is -2.38. The zero-order chi connectivity index (χ0) is 18.1. The van der Waals surface area contributed by atoms with Gasteiger partial charge in [-0.05, 0) is 20.8 Å². The van der Waals surface area contributed by atoms with E-state index in [0.717, 1.165) is 6.07 Å². The lowest BCUT2D eigenvalue weighted by Gasteiger charge is -2.26. The predicted molar refractivity (Wildman–Crippen MR) is 85.7 cm³/mol. The standard InChI is InChI=1S/C16H22N2O6/c1-16(2,3)24-15(22)17-6-5-10-13(14(20)21)11(23-4)9-12(19)18(10)8-7-17/h9H,5-8H2,1-4H3,(H,20,21). The number of carboxylic acids is 1. The van der Waals surface area contributed by atoms with Gasteiger partial charge >= 0.3 is 12.1 Å². The van der Waals surface area contributed by atoms with Crippen molar-refractivity contribution in [2.75, 3.05) is 20.2 Å². The highest BCUT2D eigenvalue weighted by Crippen LogP contribution is 2.23. The number of nitrogens with zero attached hydrogens (tertiary/aromatic N) is 2. The van der Waals surface area contributed by atoms with E-state index in [1.807, 2.05) is 0 Å². The molecule has 0 saturated carbocycles. The van der Waals surface area contributed by atoms with Crippen molar-refractivity contribution < 1.29 is 24.2 Å². The van der Waals surface area contributed by atoms with E-state index in [1.54, 1.807) is 20.8 Å². The first-order chi connectivity index (χ1) is 11.1. The SMILES string of the molecule is COc1cc(=O)n2c(c1C(=O)O)CCN(C(=O)OC(C)(C)C)CC2. The number of carbonyl (C=O) groups is 2. The van der Waals surface area contributed by atoms with E-state index in [-0.39, 0.29) is 42.9 Å². The van der Waals surface area contributed by atoms with Gasteiger partial charge in [-0.2, -0.15) is 0 Å². The minimum Gasteiger partial charge on any atom is -0.496 e. The third kappa shape index (κ3) is 3.69. The van der Waals surface area contributed by atoms with Gasteiger partial charge in [0.1, 0.15) is 16.9 Å². The van der Waals surface area contributed by atoms with E-state index in [9.17, 15) is 19.5 Å². The maximum atomic E-state index is 12.2. The van der Waals surface area contributed by atoms with Gasteiger partial charge in [0.05, 0.1) is 7.11 Å². The first kappa shape index (κ1) is 17.8. The smallest absolute Gasteiger partial charge is 0.410 e. The highest BCUT2D eigenvalue weighted by molar-refractivity contribution is 5.92. The minimum atomic E-state index is -1.17. The topological polar surface area (TPSA) is 98.1 Å². The molecule has 0 bridgehead atoms. The van der Waals surface area contributed by atoms with Gasteiger partial charge in [0.25, 0.3) is 5.56 Å². The first-order valence-corrected chi connectivity index (χ1v) is 7.66. The highest BCUT2D eigenvalue weighted by atomic mass is 16.6. The van der Waals surface area contributed by atoms with Crippen molar-refractivity contribution in [1.82, 2.24) is 9.47 Å². The Kier molecular flexibility index (Phi) is 4.86. The summed E-state index contributed by atoms with van der Waals surface area (Å²) in [7, 11) is 1.32. The summed E-state index contributed by atoms with van der Waals surface area (Å²) >= 11 is 0. The Hall–Kier alpha value is -2.51. The first-order valence-electron chi connectivity index (χ1n) is 7.66. The second kappa shape index (κ2) is 6.54. The lowest BCUT2D eigenvalue weighted by atomic mass is 10.1. The van der Waals surface area contributed by atoms with Crippen LogP contribution in [0.4, 0.5) is 4.79 Å². The van der Waals surface area contributed by atoms with Crippen LogP contribution in [0.5, 0.6) is 5.75 Å². The number of rotatable bonds is 2. The van der Waals surface area contributed by atoms with Gasteiger partial charge in [-0.25, -0.2) is 9.59 Å². The molecule has 1 aromatic rings. The van der Waals surface area contributed by atoms with Gasteiger partial charge < -0.3 is 24.0 Å². The quantitative estimate of drug-likeness (QED) is 0.874. The zero-order valence-electron chi connectivity index (χ0n) is 14.3. The zero-order valence-corrected chi connectivity index (χ0v) is 14.3. The van der Waals surface area contributed by atoms with E-state index in [2.05, 4.69) is 0 Å². The second-order valence-corrected chi connectivity index (χ2v) is 6.55. The van der Waals surface area contributed by atoms with Crippen molar-refractivity contribution in [3.05, 3.63) is 27.7 Å². The molecule has 0 saturated heterocycles. The summed E-state index contributed by atoms with van der Waals surface area (Å²) in [6.07, 6.45) is -0.250. The average Bonchev–Trinajstić information content (AvgIpc) is 2.68. The van der Waals surface area contributed by atoms with Crippen LogP contribution in [0.25, 0.3) is 0 Å². The van der Waals surface area contributed by atoms with Crippen LogP contribution >= 0.6 is 0 Å². The molecule has 0 aromatic carbocycles. The summed E-state index contributed by atoms with van der Waals surface area (Å²) in [4.78, 5) is 37.5. The summed E-state index contributed by atoms with van der Waals surface area (Å²) in [6.45, 7) is 6.06. The van der Waals surface area contributed by atoms with Crippen LogP contribution in [0, 0.1) is 0 Å². The molecule has 0 unspecified atom stereocenters. The molecule has 24 heavy (non-hydrogen) atoms. The summed E-state index contributed by atoms with van der Waals surface area (Å²) in [5, 5.41) is 9.46. The molecule has 0 aliphatic carbocycles. The van der Waals surface area contributed by atoms with Gasteiger partial charge in [0, 0.05) is 37.8 Å². The van der Waals surface area contributed by atoms with Gasteiger partial charge in [-0.15, -0.1) is 0 Å². The molecular weight excluding hydrogens is 316 g/mol. The third-order valence-corrected chi connectivity index (χ3v) is 3.68. The molecule has 8 nitrogen and oxygen atoms in total. The number of carbonyl (C=O) groups excluding carboxylic acids is 1. The Morgan fingerprint density at radius 2 is 1.88 bits per heavy atom. The molecule has 2 heterocycles. The molecule has 2 rings (SSSR count). The van der Waals surface area contributed by atoms with E-state index in [4.69, 9.17) is 9.47 Å². The summed E-state index contributed by atoms with van der Waals surface area (Å²) in [6, 6.07) is 1.16. The Morgan fingerprint density at radius 3 is 2.42 bits per heavy atom. The molecule has 0 atom stereocenters. The molecule has 1 aliphatic rings. The second-order valence-electron chi connectivity index (χ2n) is 6.55. The van der Waals surface area contributed by atoms with Crippen molar-refractivity contribution in [3.63, 3.8) is 0 Å². The summed E-state index contributed by atoms with van der Waals surface area (Å²) in [5.41, 5.74) is -0.651. The van der Waals surface area contributed by atoms with Crippen LogP contribution in [-0.4, -0.2) is 52.4 Å². The van der Waals surface area contributed by atoms with E-state index < -0.39 is 17.7 Å². The number of pyridine rings is 1. The maximum Gasteiger partial charge on any atom is 0.410 e. The van der Waals surface area contributed by atoms with Crippen LogP contribution in [0.15, 0.2) is 10.9 Å². The molecule has 8 heteroatoms. The molecule has 0 spiro atoms. The fourth-order valence-electron chi connectivity index (χ4n) is 2.65. The number of aromatic carboxylic acids is 1. The Morgan fingerprint density at radius 1 is 1.21 bits per heavy atom. The monoisotopic (exact) mass is 338 g/mol. The van der Waals surface area contributed by atoms with Crippen LogP contribution in [0.3, 0.4) is 0 Å². The van der Waals surface area contributed by atoms with Crippen molar-refractivity contribution in [1.29, 1.82) is 0 Å². The molecular formula is C16H22N2O6. The summed E-state index contributed by atoms with van der Waals surface area (Å²) in [5.74, 6) is -1.13. The average molecular weight is 338 g/mol. The van der Waals surface area contributed by atoms with E-state index in [0.29, 0.717) is 5.69 Å². The summed E-state index contributed by atoms with van der Waals surface area (Å²) < 4.78 is 11.8. The largest absolute Gasteiger partial charge is 0.496 e. The van der Waals surface area contributed by atoms with Gasteiger partial charge in [-0.1, -0.05) is 0 Å². The molecule has 1 aliphatic heterocycles. The van der Waals surface area contributed by atoms with Gasteiger partial charge in [0.2, 0.25) is 0 Å². The third-order valence-electron chi connectivity index (χ3n) is 3.68. The number of hydrogen-bond acceptors (Lipinski definition) is 5. The lowest BCUT2D eigenvalue weighted by molar-refractivity contribution is 0.0254. The van der Waals surface area contributed by atoms with Gasteiger partial charge in [-0.3, -0.25) is 4.79 Å². The molecule has 0 radical (unpaired) electrons. The number of carboxylic acid groups (broad SMARTS) is 1.